The van der Waals surface area contributed by atoms with Crippen LogP contribution in [0.3, 0.4) is 0 Å². The van der Waals surface area contributed by atoms with Gasteiger partial charge in [-0.15, -0.1) is 10.2 Å². The Labute approximate surface area is 177 Å². The van der Waals surface area contributed by atoms with Crippen molar-refractivity contribution in [2.24, 2.45) is 5.41 Å². The van der Waals surface area contributed by atoms with E-state index < -0.39 is 23.2 Å². The molecular formula is C21H13F5N6. The summed E-state index contributed by atoms with van der Waals surface area (Å²) >= 11 is 0. The smallest absolute Gasteiger partial charge is 0.329 e. The Kier molecular flexibility index (Phi) is 4.30. The van der Waals surface area contributed by atoms with Crippen molar-refractivity contribution in [1.82, 2.24) is 24.6 Å². The zero-order valence-electron chi connectivity index (χ0n) is 16.5. The van der Waals surface area contributed by atoms with Crippen molar-refractivity contribution >= 4 is 28.2 Å². The summed E-state index contributed by atoms with van der Waals surface area (Å²) in [5.41, 5.74) is -1.39. The number of pyridine rings is 1. The van der Waals surface area contributed by atoms with Crippen LogP contribution in [0.15, 0.2) is 36.9 Å². The highest BCUT2D eigenvalue weighted by Crippen LogP contribution is 2.57. The van der Waals surface area contributed by atoms with E-state index in [0.717, 1.165) is 18.3 Å². The molecule has 0 saturated heterocycles. The molecule has 6 nitrogen and oxygen atoms in total. The number of benzene rings is 1. The van der Waals surface area contributed by atoms with Crippen molar-refractivity contribution in [2.75, 3.05) is 11.9 Å². The summed E-state index contributed by atoms with van der Waals surface area (Å²) in [6, 6.07) is 3.63. The average Bonchev–Trinajstić information content (AvgIpc) is 3.40. The number of halogens is 5. The maximum Gasteiger partial charge on any atom is 0.405 e. The molecule has 32 heavy (non-hydrogen) atoms. The zero-order chi connectivity index (χ0) is 22.7. The molecule has 3 aromatic heterocycles. The van der Waals surface area contributed by atoms with Crippen LogP contribution in [-0.2, 0) is 0 Å². The molecule has 3 heterocycles. The van der Waals surface area contributed by atoms with Gasteiger partial charge in [-0.1, -0.05) is 11.8 Å². The largest absolute Gasteiger partial charge is 0.405 e. The predicted octanol–water partition coefficient (Wildman–Crippen LogP) is 4.41. The number of rotatable bonds is 2. The molecule has 5 rings (SSSR count). The Morgan fingerprint density at radius 3 is 2.62 bits per heavy atom. The molecule has 1 aliphatic rings. The van der Waals surface area contributed by atoms with Gasteiger partial charge in [-0.2, -0.15) is 18.2 Å². The number of hydrogen-bond acceptors (Lipinski definition) is 5. The molecule has 11 heteroatoms. The highest BCUT2D eigenvalue weighted by molar-refractivity contribution is 5.93. The number of anilines is 2. The van der Waals surface area contributed by atoms with E-state index in [4.69, 9.17) is 0 Å². The third kappa shape index (κ3) is 3.19. The second-order valence-electron chi connectivity index (χ2n) is 7.54. The molecule has 162 valence electrons. The number of fused-ring (bicyclic) bond motifs is 3. The quantitative estimate of drug-likeness (QED) is 0.339. The molecule has 0 aliphatic heterocycles. The van der Waals surface area contributed by atoms with Gasteiger partial charge >= 0.3 is 6.18 Å². The van der Waals surface area contributed by atoms with Crippen molar-refractivity contribution in [3.63, 3.8) is 0 Å². The van der Waals surface area contributed by atoms with Crippen LogP contribution in [-0.4, -0.2) is 37.8 Å². The van der Waals surface area contributed by atoms with E-state index >= 15 is 0 Å². The van der Waals surface area contributed by atoms with Crippen molar-refractivity contribution in [3.05, 3.63) is 54.1 Å². The summed E-state index contributed by atoms with van der Waals surface area (Å²) < 4.78 is 69.9. The van der Waals surface area contributed by atoms with Gasteiger partial charge in [0.1, 0.15) is 23.4 Å². The van der Waals surface area contributed by atoms with Crippen LogP contribution in [0.2, 0.25) is 0 Å². The fourth-order valence-corrected chi connectivity index (χ4v) is 3.46. The lowest BCUT2D eigenvalue weighted by Gasteiger charge is -2.21. The minimum absolute atomic E-state index is 0.0670. The van der Waals surface area contributed by atoms with Gasteiger partial charge in [-0.3, -0.25) is 9.38 Å². The van der Waals surface area contributed by atoms with E-state index in [2.05, 4.69) is 32.0 Å². The van der Waals surface area contributed by atoms with E-state index in [-0.39, 0.29) is 41.1 Å². The van der Waals surface area contributed by atoms with Gasteiger partial charge in [0.25, 0.3) is 5.78 Å². The Bertz CT molecular complexity index is 1430. The molecule has 1 fully saturated rings. The molecule has 0 atom stereocenters. The molecule has 0 N–H and O–H groups in total. The minimum atomic E-state index is -4.44. The average molecular weight is 444 g/mol. The Hall–Kier alpha value is -3.81. The number of hydrogen-bond donors (Lipinski definition) is 0. The van der Waals surface area contributed by atoms with Crippen LogP contribution >= 0.6 is 0 Å². The highest BCUT2D eigenvalue weighted by atomic mass is 19.4. The molecular weight excluding hydrogens is 431 g/mol. The number of alkyl halides is 3. The summed E-state index contributed by atoms with van der Waals surface area (Å²) in [5, 5.41) is 7.74. The predicted molar refractivity (Wildman–Crippen MR) is 105 cm³/mol. The van der Waals surface area contributed by atoms with Crippen molar-refractivity contribution in [3.8, 4) is 11.8 Å². The molecule has 0 unspecified atom stereocenters. The molecule has 0 spiro atoms. The molecule has 0 bridgehead atoms. The first-order chi connectivity index (χ1) is 15.2. The van der Waals surface area contributed by atoms with Crippen molar-refractivity contribution < 1.29 is 22.0 Å². The minimum Gasteiger partial charge on any atom is -0.329 e. The first-order valence-electron chi connectivity index (χ1n) is 9.46. The molecule has 1 aromatic carbocycles. The van der Waals surface area contributed by atoms with Crippen LogP contribution in [0.25, 0.3) is 16.7 Å². The van der Waals surface area contributed by atoms with Crippen LogP contribution in [0.1, 0.15) is 18.4 Å². The Morgan fingerprint density at radius 1 is 1.12 bits per heavy atom. The molecule has 0 radical (unpaired) electrons. The van der Waals surface area contributed by atoms with E-state index in [1.165, 1.54) is 34.9 Å². The van der Waals surface area contributed by atoms with Gasteiger partial charge in [0.15, 0.2) is 5.82 Å². The van der Waals surface area contributed by atoms with E-state index in [0.29, 0.717) is 5.52 Å². The maximum atomic E-state index is 14.7. The standard InChI is InChI=1S/C21H13F5N6/c1-31(18-17-15(23)9-27-10-16(17)32-11-28-30-19(32)29-18)14-7-12(6-13(22)8-14)2-3-20(4-5-20)21(24,25)26/h6-11H,4-5H2,1H3. The number of nitrogens with zero attached hydrogens (tertiary/aromatic N) is 6. The first kappa shape index (κ1) is 20.1. The van der Waals surface area contributed by atoms with Gasteiger partial charge < -0.3 is 4.90 Å². The molecule has 1 aliphatic carbocycles. The first-order valence-corrected chi connectivity index (χ1v) is 9.46. The summed E-state index contributed by atoms with van der Waals surface area (Å²) in [4.78, 5) is 9.58. The van der Waals surface area contributed by atoms with Gasteiger partial charge in [0.05, 0.1) is 23.3 Å². The third-order valence-corrected chi connectivity index (χ3v) is 5.42. The van der Waals surface area contributed by atoms with Gasteiger partial charge in [-0.25, -0.2) is 8.78 Å². The lowest BCUT2D eigenvalue weighted by Crippen LogP contribution is -2.22. The zero-order valence-corrected chi connectivity index (χ0v) is 16.5. The normalized spacial score (nSPS) is 14.9. The van der Waals surface area contributed by atoms with Gasteiger partial charge in [0, 0.05) is 18.3 Å². The summed E-state index contributed by atoms with van der Waals surface area (Å²) in [6.45, 7) is 0. The maximum absolute atomic E-state index is 14.7. The van der Waals surface area contributed by atoms with Crippen LogP contribution < -0.4 is 4.90 Å². The summed E-state index contributed by atoms with van der Waals surface area (Å²) in [5.74, 6) is 3.62. The molecule has 0 amide bonds. The third-order valence-electron chi connectivity index (χ3n) is 5.42. The van der Waals surface area contributed by atoms with Gasteiger partial charge in [0.2, 0.25) is 0 Å². The van der Waals surface area contributed by atoms with Crippen LogP contribution in [0.4, 0.5) is 33.5 Å². The monoisotopic (exact) mass is 444 g/mol. The topological polar surface area (TPSA) is 59.2 Å². The molecule has 1 saturated carbocycles. The fraction of sp³-hybridized carbons (Fsp3) is 0.238. The summed E-state index contributed by atoms with van der Waals surface area (Å²) in [6.07, 6.45) is -0.788. The van der Waals surface area contributed by atoms with E-state index in [1.807, 2.05) is 0 Å². The second kappa shape index (κ2) is 6.85. The fourth-order valence-electron chi connectivity index (χ4n) is 3.46. The van der Waals surface area contributed by atoms with Crippen LogP contribution in [0, 0.1) is 28.9 Å². The SMILES string of the molecule is CN(c1cc(F)cc(C#CC2(C(F)(F)F)CC2)c1)c1nc2nncn2c2cncc(F)c12. The highest BCUT2D eigenvalue weighted by Gasteiger charge is 2.62. The molecule has 4 aromatic rings. The van der Waals surface area contributed by atoms with Crippen LogP contribution in [0.5, 0.6) is 0 Å². The van der Waals surface area contributed by atoms with E-state index in [1.54, 1.807) is 0 Å². The van der Waals surface area contributed by atoms with E-state index in [9.17, 15) is 22.0 Å². The second-order valence-corrected chi connectivity index (χ2v) is 7.54. The lowest BCUT2D eigenvalue weighted by molar-refractivity contribution is -0.168. The lowest BCUT2D eigenvalue weighted by atomic mass is 10.1. The van der Waals surface area contributed by atoms with Crippen molar-refractivity contribution in [2.45, 2.75) is 19.0 Å². The Balaban J connectivity index is 1.62. The number of aromatic nitrogens is 5. The Morgan fingerprint density at radius 2 is 1.91 bits per heavy atom. The van der Waals surface area contributed by atoms with Gasteiger partial charge in [-0.05, 0) is 31.0 Å². The summed E-state index contributed by atoms with van der Waals surface area (Å²) in [7, 11) is 1.53. The van der Waals surface area contributed by atoms with Crippen molar-refractivity contribution in [1.29, 1.82) is 0 Å².